The molecule has 6 heteroatoms. The van der Waals surface area contributed by atoms with E-state index in [9.17, 15) is 18.8 Å². The molecule has 0 bridgehead atoms. The summed E-state index contributed by atoms with van der Waals surface area (Å²) in [5, 5.41) is 8.62. The molecule has 2 rings (SSSR count). The first-order valence-electron chi connectivity index (χ1n) is 4.51. The number of esters is 1. The monoisotopic (exact) mass is 216 g/mol. The van der Waals surface area contributed by atoms with Gasteiger partial charge in [-0.2, -0.15) is 0 Å². The van der Waals surface area contributed by atoms with E-state index in [1.165, 1.54) is 0 Å². The Balaban J connectivity index is 2.18. The van der Waals surface area contributed by atoms with Crippen LogP contribution < -0.4 is 0 Å². The summed E-state index contributed by atoms with van der Waals surface area (Å²) in [5.41, 5.74) is -2.52. The lowest BCUT2D eigenvalue weighted by Gasteiger charge is -2.14. The van der Waals surface area contributed by atoms with E-state index in [-0.39, 0.29) is 6.42 Å². The van der Waals surface area contributed by atoms with Crippen molar-refractivity contribution in [3.05, 3.63) is 0 Å². The number of rotatable bonds is 2. The van der Waals surface area contributed by atoms with Gasteiger partial charge >= 0.3 is 11.9 Å². The maximum absolute atomic E-state index is 13.7. The standard InChI is InChI=1S/C9H9FO5/c1-3(11)15-5-2-4(12)6-7(5)9(6,10)8(13)14/h5-7H,2H2,1H3,(H,13,14)/t5-,6-,7+,9-/m1/s1. The van der Waals surface area contributed by atoms with Crippen LogP contribution in [0.4, 0.5) is 4.39 Å². The first-order valence-corrected chi connectivity index (χ1v) is 4.51. The van der Waals surface area contributed by atoms with E-state index in [0.29, 0.717) is 0 Å². The second kappa shape index (κ2) is 2.77. The predicted octanol–water partition coefficient (Wildman–Crippen LogP) is -0.0702. The van der Waals surface area contributed by atoms with Crippen LogP contribution in [0.1, 0.15) is 13.3 Å². The molecular formula is C9H9FO5. The molecule has 82 valence electrons. The SMILES string of the molecule is CC(=O)O[C@@H]1CC(=O)[C@@H]2[C@H]1[C@@]2(F)C(=O)O. The van der Waals surface area contributed by atoms with Crippen molar-refractivity contribution in [3.63, 3.8) is 0 Å². The quantitative estimate of drug-likeness (QED) is 0.653. The maximum atomic E-state index is 13.7. The van der Waals surface area contributed by atoms with Crippen LogP contribution in [0.2, 0.25) is 0 Å². The summed E-state index contributed by atoms with van der Waals surface area (Å²) in [5.74, 6) is -4.88. The van der Waals surface area contributed by atoms with Crippen molar-refractivity contribution in [1.29, 1.82) is 0 Å². The molecule has 0 aliphatic heterocycles. The van der Waals surface area contributed by atoms with Gasteiger partial charge in [-0.1, -0.05) is 0 Å². The van der Waals surface area contributed by atoms with Gasteiger partial charge in [-0.3, -0.25) is 9.59 Å². The van der Waals surface area contributed by atoms with E-state index < -0.39 is 41.3 Å². The van der Waals surface area contributed by atoms with Gasteiger partial charge in [-0.25, -0.2) is 9.18 Å². The minimum atomic E-state index is -2.52. The van der Waals surface area contributed by atoms with Crippen LogP contribution in [0, 0.1) is 11.8 Å². The number of hydrogen-bond acceptors (Lipinski definition) is 4. The van der Waals surface area contributed by atoms with E-state index in [0.717, 1.165) is 6.92 Å². The van der Waals surface area contributed by atoms with Crippen molar-refractivity contribution in [2.75, 3.05) is 0 Å². The van der Waals surface area contributed by atoms with E-state index in [4.69, 9.17) is 9.84 Å². The lowest BCUT2D eigenvalue weighted by atomic mass is 10.1. The molecule has 0 aromatic rings. The second-order valence-corrected chi connectivity index (χ2v) is 3.89. The Morgan fingerprint density at radius 1 is 1.60 bits per heavy atom. The molecule has 0 saturated heterocycles. The molecular weight excluding hydrogens is 207 g/mol. The fourth-order valence-corrected chi connectivity index (χ4v) is 2.36. The smallest absolute Gasteiger partial charge is 0.342 e. The molecule has 0 heterocycles. The predicted molar refractivity (Wildman–Crippen MR) is 43.6 cm³/mol. The highest BCUT2D eigenvalue weighted by Gasteiger charge is 2.81. The van der Waals surface area contributed by atoms with Crippen LogP contribution in [0.3, 0.4) is 0 Å². The molecule has 2 aliphatic rings. The van der Waals surface area contributed by atoms with Crippen molar-refractivity contribution in [2.45, 2.75) is 25.1 Å². The Labute approximate surface area is 84.2 Å². The molecule has 2 fully saturated rings. The summed E-state index contributed by atoms with van der Waals surface area (Å²) in [6.45, 7) is 1.14. The molecule has 0 amide bonds. The highest BCUT2D eigenvalue weighted by molar-refractivity contribution is 6.00. The number of carboxylic acids is 1. The summed E-state index contributed by atoms with van der Waals surface area (Å²) < 4.78 is 18.4. The van der Waals surface area contributed by atoms with Crippen LogP contribution in [-0.4, -0.2) is 34.6 Å². The molecule has 5 nitrogen and oxygen atoms in total. The number of Topliss-reactive ketones (excluding diaryl/α,β-unsaturated/α-hetero) is 1. The molecule has 0 aromatic carbocycles. The number of fused-ring (bicyclic) bond motifs is 1. The van der Waals surface area contributed by atoms with E-state index in [1.54, 1.807) is 0 Å². The van der Waals surface area contributed by atoms with Gasteiger partial charge in [-0.05, 0) is 0 Å². The van der Waals surface area contributed by atoms with Crippen molar-refractivity contribution in [2.24, 2.45) is 11.8 Å². The average molecular weight is 216 g/mol. The third-order valence-electron chi connectivity index (χ3n) is 2.98. The highest BCUT2D eigenvalue weighted by atomic mass is 19.1. The number of carboxylic acid groups (broad SMARTS) is 1. The Morgan fingerprint density at radius 2 is 2.20 bits per heavy atom. The van der Waals surface area contributed by atoms with Crippen LogP contribution in [-0.2, 0) is 19.1 Å². The average Bonchev–Trinajstić information content (AvgIpc) is 2.58. The lowest BCUT2D eigenvalue weighted by molar-refractivity contribution is -0.154. The fraction of sp³-hybridized carbons (Fsp3) is 0.667. The summed E-state index contributed by atoms with van der Waals surface area (Å²) in [6, 6.07) is 0. The molecule has 2 saturated carbocycles. The molecule has 0 spiro atoms. The van der Waals surface area contributed by atoms with Gasteiger partial charge in [0.1, 0.15) is 11.9 Å². The van der Waals surface area contributed by atoms with Crippen LogP contribution >= 0.6 is 0 Å². The molecule has 4 atom stereocenters. The molecule has 15 heavy (non-hydrogen) atoms. The Morgan fingerprint density at radius 3 is 2.60 bits per heavy atom. The normalized spacial score (nSPS) is 42.3. The molecule has 1 N–H and O–H groups in total. The number of carbonyl (C=O) groups is 3. The number of ether oxygens (including phenoxy) is 1. The van der Waals surface area contributed by atoms with E-state index in [1.807, 2.05) is 0 Å². The van der Waals surface area contributed by atoms with Gasteiger partial charge in [0.25, 0.3) is 0 Å². The van der Waals surface area contributed by atoms with E-state index in [2.05, 4.69) is 0 Å². The summed E-state index contributed by atoms with van der Waals surface area (Å²) in [6.07, 6.45) is -0.991. The van der Waals surface area contributed by atoms with Gasteiger partial charge in [0, 0.05) is 13.3 Å². The number of hydrogen-bond donors (Lipinski definition) is 1. The second-order valence-electron chi connectivity index (χ2n) is 3.89. The zero-order valence-corrected chi connectivity index (χ0v) is 7.90. The van der Waals surface area contributed by atoms with Crippen LogP contribution in [0.15, 0.2) is 0 Å². The van der Waals surface area contributed by atoms with Crippen LogP contribution in [0.25, 0.3) is 0 Å². The molecule has 0 radical (unpaired) electrons. The number of alkyl halides is 1. The van der Waals surface area contributed by atoms with Crippen molar-refractivity contribution in [1.82, 2.24) is 0 Å². The van der Waals surface area contributed by atoms with Gasteiger partial charge < -0.3 is 9.84 Å². The maximum Gasteiger partial charge on any atom is 0.342 e. The number of ketones is 1. The third kappa shape index (κ3) is 1.17. The van der Waals surface area contributed by atoms with Crippen molar-refractivity contribution in [3.8, 4) is 0 Å². The molecule has 2 aliphatic carbocycles. The minimum Gasteiger partial charge on any atom is -0.479 e. The van der Waals surface area contributed by atoms with Gasteiger partial charge in [0.2, 0.25) is 5.67 Å². The van der Waals surface area contributed by atoms with Crippen molar-refractivity contribution < 1.29 is 28.6 Å². The zero-order chi connectivity index (χ0) is 11.4. The summed E-state index contributed by atoms with van der Waals surface area (Å²) in [7, 11) is 0. The zero-order valence-electron chi connectivity index (χ0n) is 7.90. The Hall–Kier alpha value is -1.46. The highest BCUT2D eigenvalue weighted by Crippen LogP contribution is 2.62. The van der Waals surface area contributed by atoms with Gasteiger partial charge in [0.05, 0.1) is 11.8 Å². The number of aliphatic carboxylic acids is 1. The van der Waals surface area contributed by atoms with Crippen LogP contribution in [0.5, 0.6) is 0 Å². The molecule has 0 unspecified atom stereocenters. The topological polar surface area (TPSA) is 80.7 Å². The Bertz CT molecular complexity index is 366. The number of carbonyl (C=O) groups excluding carboxylic acids is 2. The van der Waals surface area contributed by atoms with Gasteiger partial charge in [0.15, 0.2) is 0 Å². The first kappa shape index (κ1) is 10.1. The number of halogens is 1. The largest absolute Gasteiger partial charge is 0.479 e. The lowest BCUT2D eigenvalue weighted by Crippen LogP contribution is -2.31. The third-order valence-corrected chi connectivity index (χ3v) is 2.98. The Kier molecular flexibility index (Phi) is 1.86. The van der Waals surface area contributed by atoms with Crippen molar-refractivity contribution >= 4 is 17.7 Å². The first-order chi connectivity index (χ1) is 6.89. The minimum absolute atomic E-state index is 0.0755. The molecule has 0 aromatic heterocycles. The van der Waals surface area contributed by atoms with Gasteiger partial charge in [-0.15, -0.1) is 0 Å². The summed E-state index contributed by atoms with van der Waals surface area (Å²) >= 11 is 0. The fourth-order valence-electron chi connectivity index (χ4n) is 2.36. The summed E-state index contributed by atoms with van der Waals surface area (Å²) in [4.78, 5) is 32.5. The van der Waals surface area contributed by atoms with E-state index >= 15 is 0 Å².